The highest BCUT2D eigenvalue weighted by atomic mass is 16.4. The van der Waals surface area contributed by atoms with E-state index in [-0.39, 0.29) is 5.92 Å². The Kier molecular flexibility index (Phi) is 14.6. The maximum Gasteiger partial charge on any atom is 0.333 e. The second-order valence-electron chi connectivity index (χ2n) is 6.66. The van der Waals surface area contributed by atoms with Gasteiger partial charge in [-0.15, -0.1) is 0 Å². The van der Waals surface area contributed by atoms with E-state index in [2.05, 4.69) is 6.92 Å². The van der Waals surface area contributed by atoms with Crippen molar-refractivity contribution in [2.24, 2.45) is 11.7 Å². The number of rotatable bonds is 11. The third-order valence-electron chi connectivity index (χ3n) is 4.56. The van der Waals surface area contributed by atoms with Crippen LogP contribution in [0, 0.1) is 5.92 Å². The van der Waals surface area contributed by atoms with Crippen LogP contribution in [0.15, 0.2) is 59.8 Å². The van der Waals surface area contributed by atoms with Crippen LogP contribution in [0.2, 0.25) is 0 Å². The molecule has 5 heteroatoms. The summed E-state index contributed by atoms with van der Waals surface area (Å²) < 4.78 is 0. The zero-order valence-corrected chi connectivity index (χ0v) is 17.8. The van der Waals surface area contributed by atoms with Gasteiger partial charge in [-0.3, -0.25) is 0 Å². The molecule has 1 aromatic carbocycles. The Bertz CT molecular complexity index is 686. The fourth-order valence-electron chi connectivity index (χ4n) is 2.78. The Morgan fingerprint density at radius 1 is 1.00 bits per heavy atom. The molecule has 0 saturated heterocycles. The molecule has 0 aliphatic rings. The van der Waals surface area contributed by atoms with Crippen molar-refractivity contribution in [1.29, 1.82) is 0 Å². The molecule has 29 heavy (non-hydrogen) atoms. The number of carboxylic acid groups (broad SMARTS) is 2. The third kappa shape index (κ3) is 11.6. The first kappa shape index (κ1) is 26.2. The highest BCUT2D eigenvalue weighted by Gasteiger charge is 2.15. The lowest BCUT2D eigenvalue weighted by molar-refractivity contribution is -0.134. The Hall–Kier alpha value is -2.82. The van der Waals surface area contributed by atoms with Gasteiger partial charge < -0.3 is 15.9 Å². The van der Waals surface area contributed by atoms with E-state index in [9.17, 15) is 9.59 Å². The van der Waals surface area contributed by atoms with Crippen LogP contribution in [0.4, 0.5) is 0 Å². The van der Waals surface area contributed by atoms with Crippen molar-refractivity contribution in [3.8, 4) is 0 Å². The zero-order chi connectivity index (χ0) is 22.1. The first-order valence-electron chi connectivity index (χ1n) is 10.2. The van der Waals surface area contributed by atoms with Crippen LogP contribution in [-0.2, 0) is 9.59 Å². The lowest BCUT2D eigenvalue weighted by Gasteiger charge is -2.11. The predicted octanol–water partition coefficient (Wildman–Crippen LogP) is 5.64. The Balaban J connectivity index is 0.000000614. The molecule has 0 aromatic heterocycles. The molecule has 160 valence electrons. The number of carboxylic acids is 2. The number of unbranched alkanes of at least 4 members (excludes halogenated alkanes) is 2. The van der Waals surface area contributed by atoms with Crippen LogP contribution in [0.3, 0.4) is 0 Å². The number of benzene rings is 1. The lowest BCUT2D eigenvalue weighted by atomic mass is 9.94. The summed E-state index contributed by atoms with van der Waals surface area (Å²) in [6.45, 7) is 6.03. The van der Waals surface area contributed by atoms with Crippen molar-refractivity contribution in [2.45, 2.75) is 59.3 Å². The Morgan fingerprint density at radius 3 is 2.03 bits per heavy atom. The molecule has 0 radical (unpaired) electrons. The molecule has 4 N–H and O–H groups in total. The number of nitrogens with two attached hydrogens (primary N) is 1. The average molecular weight is 402 g/mol. The molecule has 0 spiro atoms. The second-order valence-corrected chi connectivity index (χ2v) is 6.66. The Morgan fingerprint density at radius 2 is 1.62 bits per heavy atom. The monoisotopic (exact) mass is 401 g/mol. The second kappa shape index (κ2) is 16.2. The molecule has 0 aliphatic carbocycles. The van der Waals surface area contributed by atoms with E-state index in [0.717, 1.165) is 37.7 Å². The molecule has 0 bridgehead atoms. The summed E-state index contributed by atoms with van der Waals surface area (Å²) in [4.78, 5) is 21.6. The first-order valence-corrected chi connectivity index (χ1v) is 10.2. The number of hydrogen-bond acceptors (Lipinski definition) is 3. The predicted molar refractivity (Wildman–Crippen MR) is 119 cm³/mol. The van der Waals surface area contributed by atoms with Crippen molar-refractivity contribution in [3.05, 3.63) is 65.4 Å². The van der Waals surface area contributed by atoms with Gasteiger partial charge in [-0.1, -0.05) is 82.2 Å². The zero-order valence-electron chi connectivity index (χ0n) is 17.8. The van der Waals surface area contributed by atoms with Gasteiger partial charge in [0.05, 0.1) is 5.57 Å². The maximum absolute atomic E-state index is 11.0. The summed E-state index contributed by atoms with van der Waals surface area (Å²) in [5, 5.41) is 17.7. The highest BCUT2D eigenvalue weighted by molar-refractivity contribution is 5.87. The number of carbonyl (C=O) groups is 2. The van der Waals surface area contributed by atoms with E-state index >= 15 is 0 Å². The van der Waals surface area contributed by atoms with Gasteiger partial charge >= 0.3 is 11.9 Å². The molecule has 0 amide bonds. The van der Waals surface area contributed by atoms with Crippen LogP contribution in [-0.4, -0.2) is 22.2 Å². The quantitative estimate of drug-likeness (QED) is 0.253. The summed E-state index contributed by atoms with van der Waals surface area (Å²) in [6.07, 6.45) is 12.0. The van der Waals surface area contributed by atoms with Crippen LogP contribution in [0.1, 0.15) is 64.9 Å². The van der Waals surface area contributed by atoms with E-state index in [1.54, 1.807) is 6.08 Å². The standard InChI is InChI=1S/C16H20O2.C8H15NO2/c1-2-3-5-12-15(16(17)18)13-8-11-14-9-6-4-7-10-14;1-3-6(4-2)7(5-9)8(10)11/h4,6-11,13H,2-3,5,12H2,1H3,(H,17,18);5-6H,3-4,9H2,1-2H3,(H,10,11). The molecule has 1 rings (SSSR count). The maximum atomic E-state index is 11.0. The van der Waals surface area contributed by atoms with Crippen molar-refractivity contribution in [3.63, 3.8) is 0 Å². The van der Waals surface area contributed by atoms with Gasteiger partial charge in [0, 0.05) is 11.8 Å². The van der Waals surface area contributed by atoms with Crippen molar-refractivity contribution < 1.29 is 19.8 Å². The molecule has 0 atom stereocenters. The molecule has 0 aliphatic heterocycles. The molecule has 5 nitrogen and oxygen atoms in total. The summed E-state index contributed by atoms with van der Waals surface area (Å²) in [5.41, 5.74) is 7.07. The minimum atomic E-state index is -0.902. The van der Waals surface area contributed by atoms with Gasteiger partial charge in [-0.25, -0.2) is 9.59 Å². The first-order chi connectivity index (χ1) is 13.9. The summed E-state index contributed by atoms with van der Waals surface area (Å²) in [6, 6.07) is 9.86. The minimum absolute atomic E-state index is 0.0949. The fraction of sp³-hybridized carbons (Fsp3) is 0.417. The van der Waals surface area contributed by atoms with Crippen molar-refractivity contribution in [2.75, 3.05) is 0 Å². The molecule has 0 saturated carbocycles. The number of hydrogen-bond donors (Lipinski definition) is 3. The third-order valence-corrected chi connectivity index (χ3v) is 4.56. The fourth-order valence-corrected chi connectivity index (χ4v) is 2.78. The lowest BCUT2D eigenvalue weighted by Crippen LogP contribution is -2.13. The van der Waals surface area contributed by atoms with E-state index in [1.807, 2.05) is 56.3 Å². The van der Waals surface area contributed by atoms with Gasteiger partial charge in [0.1, 0.15) is 0 Å². The largest absolute Gasteiger partial charge is 0.478 e. The number of aliphatic carboxylic acids is 2. The van der Waals surface area contributed by atoms with Gasteiger partial charge in [0.15, 0.2) is 0 Å². The van der Waals surface area contributed by atoms with E-state index in [0.29, 0.717) is 17.6 Å². The molecular formula is C24H35NO4. The molecule has 1 aromatic rings. The van der Waals surface area contributed by atoms with E-state index < -0.39 is 11.9 Å². The van der Waals surface area contributed by atoms with Crippen LogP contribution < -0.4 is 5.73 Å². The topological polar surface area (TPSA) is 101 Å². The van der Waals surface area contributed by atoms with Crippen molar-refractivity contribution >= 4 is 18.0 Å². The SMILES string of the molecule is CCC(CC)C(=CN)C(=O)O.CCCCCC(=CC=Cc1ccccc1)C(=O)O. The van der Waals surface area contributed by atoms with Crippen LogP contribution in [0.5, 0.6) is 0 Å². The van der Waals surface area contributed by atoms with Crippen LogP contribution in [0.25, 0.3) is 6.08 Å². The van der Waals surface area contributed by atoms with Crippen LogP contribution >= 0.6 is 0 Å². The molecule has 0 heterocycles. The molecule has 0 unspecified atom stereocenters. The van der Waals surface area contributed by atoms with Crippen molar-refractivity contribution in [1.82, 2.24) is 0 Å². The summed E-state index contributed by atoms with van der Waals surface area (Å²) in [7, 11) is 0. The summed E-state index contributed by atoms with van der Waals surface area (Å²) >= 11 is 0. The summed E-state index contributed by atoms with van der Waals surface area (Å²) in [5.74, 6) is -1.62. The van der Waals surface area contributed by atoms with Gasteiger partial charge in [0.2, 0.25) is 0 Å². The number of allylic oxidation sites excluding steroid dienone is 2. The smallest absolute Gasteiger partial charge is 0.333 e. The molecule has 0 fully saturated rings. The minimum Gasteiger partial charge on any atom is -0.478 e. The average Bonchev–Trinajstić information content (AvgIpc) is 2.71. The normalized spacial score (nSPS) is 12.0. The Labute approximate surface area is 174 Å². The van der Waals surface area contributed by atoms with Gasteiger partial charge in [0.25, 0.3) is 0 Å². The van der Waals surface area contributed by atoms with Gasteiger partial charge in [-0.2, -0.15) is 0 Å². The van der Waals surface area contributed by atoms with E-state index in [1.165, 1.54) is 6.20 Å². The molecular weight excluding hydrogens is 366 g/mol. The highest BCUT2D eigenvalue weighted by Crippen LogP contribution is 2.17. The van der Waals surface area contributed by atoms with Gasteiger partial charge in [-0.05, 0) is 37.2 Å². The van der Waals surface area contributed by atoms with E-state index in [4.69, 9.17) is 15.9 Å².